The van der Waals surface area contributed by atoms with Crippen LogP contribution in [0.2, 0.25) is 0 Å². The number of nitrogens with two attached hydrogens (primary N) is 1. The smallest absolute Gasteiger partial charge is 0.264 e. The minimum absolute atomic E-state index is 0.252. The summed E-state index contributed by atoms with van der Waals surface area (Å²) in [6.45, 7) is 2.05. The van der Waals surface area contributed by atoms with Crippen LogP contribution in [0.15, 0.2) is 33.5 Å². The molecule has 0 aliphatic rings. The first-order valence-electron chi connectivity index (χ1n) is 5.83. The maximum atomic E-state index is 11.2. The summed E-state index contributed by atoms with van der Waals surface area (Å²) < 4.78 is 5.42. The van der Waals surface area contributed by atoms with Gasteiger partial charge in [-0.25, -0.2) is 10.1 Å². The zero-order chi connectivity index (χ0) is 13.4. The lowest BCUT2D eigenvalue weighted by atomic mass is 10.1. The number of aryl methyl sites for hydroxylation is 1. The number of nitrogens with zero attached hydrogens (tertiary/aromatic N) is 2. The zero-order valence-corrected chi connectivity index (χ0v) is 10.3. The SMILES string of the molecule is Cc1nc2cc(-c3n[nH]c(=O)cc3CN)ccc2o1. The quantitative estimate of drug-likeness (QED) is 0.721. The number of H-pyrrole nitrogens is 1. The molecule has 0 aliphatic heterocycles. The third-order valence-corrected chi connectivity index (χ3v) is 2.88. The van der Waals surface area contributed by atoms with Crippen LogP contribution in [0.25, 0.3) is 22.4 Å². The van der Waals surface area contributed by atoms with Crippen molar-refractivity contribution in [3.8, 4) is 11.3 Å². The summed E-state index contributed by atoms with van der Waals surface area (Å²) in [6, 6.07) is 7.02. The Hall–Kier alpha value is -2.47. The predicted octanol–water partition coefficient (Wildman–Crippen LogP) is 1.35. The second-order valence-corrected chi connectivity index (χ2v) is 4.23. The van der Waals surface area contributed by atoms with Crippen LogP contribution in [0.1, 0.15) is 11.5 Å². The number of benzene rings is 1. The van der Waals surface area contributed by atoms with E-state index in [1.807, 2.05) is 18.2 Å². The van der Waals surface area contributed by atoms with Crippen LogP contribution in [-0.2, 0) is 6.54 Å². The molecule has 2 heterocycles. The summed E-state index contributed by atoms with van der Waals surface area (Å²) in [4.78, 5) is 15.5. The average molecular weight is 256 g/mol. The van der Waals surface area contributed by atoms with Gasteiger partial charge in [-0.1, -0.05) is 0 Å². The van der Waals surface area contributed by atoms with Crippen molar-refractivity contribution < 1.29 is 4.42 Å². The summed E-state index contributed by atoms with van der Waals surface area (Å²) in [7, 11) is 0. The fourth-order valence-electron chi connectivity index (χ4n) is 2.04. The van der Waals surface area contributed by atoms with E-state index in [9.17, 15) is 4.79 Å². The van der Waals surface area contributed by atoms with Gasteiger partial charge < -0.3 is 10.2 Å². The lowest BCUT2D eigenvalue weighted by molar-refractivity contribution is 0.561. The standard InChI is InChI=1S/C13H12N4O2/c1-7-15-10-4-8(2-3-11(10)19-7)13-9(6-14)5-12(18)16-17-13/h2-5H,6,14H2,1H3,(H,16,18). The molecule has 0 fully saturated rings. The van der Waals surface area contributed by atoms with E-state index >= 15 is 0 Å². The van der Waals surface area contributed by atoms with Crippen molar-refractivity contribution in [2.75, 3.05) is 0 Å². The third-order valence-electron chi connectivity index (χ3n) is 2.88. The van der Waals surface area contributed by atoms with Gasteiger partial charge in [0, 0.05) is 25.1 Å². The van der Waals surface area contributed by atoms with Gasteiger partial charge in [0.25, 0.3) is 5.56 Å². The molecule has 0 amide bonds. The lowest BCUT2D eigenvalue weighted by Gasteiger charge is -2.05. The molecule has 2 aromatic heterocycles. The van der Waals surface area contributed by atoms with Crippen molar-refractivity contribution in [3.63, 3.8) is 0 Å². The van der Waals surface area contributed by atoms with E-state index in [0.29, 0.717) is 17.1 Å². The van der Waals surface area contributed by atoms with Gasteiger partial charge >= 0.3 is 0 Å². The fourth-order valence-corrected chi connectivity index (χ4v) is 2.04. The molecular formula is C13H12N4O2. The van der Waals surface area contributed by atoms with Crippen LogP contribution in [0.4, 0.5) is 0 Å². The van der Waals surface area contributed by atoms with Gasteiger partial charge in [0.05, 0.1) is 5.69 Å². The average Bonchev–Trinajstić information content (AvgIpc) is 2.77. The highest BCUT2D eigenvalue weighted by Gasteiger charge is 2.10. The Morgan fingerprint density at radius 2 is 2.21 bits per heavy atom. The van der Waals surface area contributed by atoms with E-state index < -0.39 is 0 Å². The Bertz CT molecular complexity index is 804. The van der Waals surface area contributed by atoms with E-state index in [4.69, 9.17) is 10.2 Å². The number of nitrogens with one attached hydrogen (secondary N) is 1. The van der Waals surface area contributed by atoms with Crippen LogP contribution in [0, 0.1) is 6.92 Å². The number of aromatic amines is 1. The second-order valence-electron chi connectivity index (χ2n) is 4.23. The van der Waals surface area contributed by atoms with Crippen molar-refractivity contribution in [1.82, 2.24) is 15.2 Å². The van der Waals surface area contributed by atoms with Crippen LogP contribution in [0.3, 0.4) is 0 Å². The Balaban J connectivity index is 2.20. The molecule has 0 spiro atoms. The van der Waals surface area contributed by atoms with Crippen molar-refractivity contribution in [1.29, 1.82) is 0 Å². The molecule has 6 heteroatoms. The fraction of sp³-hybridized carbons (Fsp3) is 0.154. The van der Waals surface area contributed by atoms with Gasteiger partial charge in [-0.05, 0) is 23.8 Å². The summed E-state index contributed by atoms with van der Waals surface area (Å²) in [5.41, 5.74) is 9.06. The van der Waals surface area contributed by atoms with Crippen molar-refractivity contribution >= 4 is 11.1 Å². The topological polar surface area (TPSA) is 97.8 Å². The molecule has 0 radical (unpaired) electrons. The molecule has 96 valence electrons. The van der Waals surface area contributed by atoms with Crippen LogP contribution in [-0.4, -0.2) is 15.2 Å². The van der Waals surface area contributed by atoms with Crippen molar-refractivity contribution in [2.45, 2.75) is 13.5 Å². The zero-order valence-electron chi connectivity index (χ0n) is 10.3. The lowest BCUT2D eigenvalue weighted by Crippen LogP contribution is -2.12. The minimum atomic E-state index is -0.262. The van der Waals surface area contributed by atoms with Gasteiger partial charge in [-0.15, -0.1) is 0 Å². The first kappa shape index (κ1) is 11.6. The summed E-state index contributed by atoms with van der Waals surface area (Å²) in [6.07, 6.45) is 0. The molecule has 19 heavy (non-hydrogen) atoms. The highest BCUT2D eigenvalue weighted by atomic mass is 16.3. The highest BCUT2D eigenvalue weighted by Crippen LogP contribution is 2.24. The molecule has 0 unspecified atom stereocenters. The van der Waals surface area contributed by atoms with Gasteiger partial charge in [0.1, 0.15) is 5.52 Å². The molecule has 0 saturated heterocycles. The molecule has 3 N–H and O–H groups in total. The van der Waals surface area contributed by atoms with E-state index in [-0.39, 0.29) is 12.1 Å². The third kappa shape index (κ3) is 2.02. The molecule has 0 saturated carbocycles. The highest BCUT2D eigenvalue weighted by molar-refractivity contribution is 5.80. The molecule has 0 bridgehead atoms. The molecule has 1 aromatic carbocycles. The van der Waals surface area contributed by atoms with Crippen molar-refractivity contribution in [2.24, 2.45) is 5.73 Å². The number of hydrogen-bond donors (Lipinski definition) is 2. The number of oxazole rings is 1. The monoisotopic (exact) mass is 256 g/mol. The summed E-state index contributed by atoms with van der Waals surface area (Å²) >= 11 is 0. The molecule has 3 aromatic rings. The Morgan fingerprint density at radius 1 is 1.37 bits per heavy atom. The van der Waals surface area contributed by atoms with Crippen LogP contribution >= 0.6 is 0 Å². The normalized spacial score (nSPS) is 11.1. The van der Waals surface area contributed by atoms with Gasteiger partial charge in [0.2, 0.25) is 0 Å². The summed E-state index contributed by atoms with van der Waals surface area (Å²) in [5.74, 6) is 0.612. The van der Waals surface area contributed by atoms with Crippen molar-refractivity contribution in [3.05, 3.63) is 46.1 Å². The van der Waals surface area contributed by atoms with E-state index in [0.717, 1.165) is 16.7 Å². The Morgan fingerprint density at radius 3 is 3.00 bits per heavy atom. The largest absolute Gasteiger partial charge is 0.441 e. The maximum Gasteiger partial charge on any atom is 0.264 e. The molecule has 0 atom stereocenters. The first-order chi connectivity index (χ1) is 9.17. The molecule has 0 aliphatic carbocycles. The summed E-state index contributed by atoms with van der Waals surface area (Å²) in [5, 5.41) is 6.48. The van der Waals surface area contributed by atoms with Crippen LogP contribution < -0.4 is 11.3 Å². The number of rotatable bonds is 2. The Kier molecular flexibility index (Phi) is 2.64. The van der Waals surface area contributed by atoms with Gasteiger partial charge in [-0.3, -0.25) is 4.79 Å². The van der Waals surface area contributed by atoms with Crippen LogP contribution in [0.5, 0.6) is 0 Å². The number of hydrogen-bond acceptors (Lipinski definition) is 5. The second kappa shape index (κ2) is 4.33. The van der Waals surface area contributed by atoms with Gasteiger partial charge in [0.15, 0.2) is 11.5 Å². The molecular weight excluding hydrogens is 244 g/mol. The Labute approximate surface area is 108 Å². The number of aromatic nitrogens is 3. The maximum absolute atomic E-state index is 11.2. The minimum Gasteiger partial charge on any atom is -0.441 e. The van der Waals surface area contributed by atoms with Gasteiger partial charge in [-0.2, -0.15) is 5.10 Å². The first-order valence-corrected chi connectivity index (χ1v) is 5.83. The molecule has 3 rings (SSSR count). The molecule has 6 nitrogen and oxygen atoms in total. The van der Waals surface area contributed by atoms with E-state index in [1.165, 1.54) is 6.07 Å². The predicted molar refractivity (Wildman–Crippen MR) is 70.5 cm³/mol. The van der Waals surface area contributed by atoms with E-state index in [1.54, 1.807) is 6.92 Å². The van der Waals surface area contributed by atoms with E-state index in [2.05, 4.69) is 15.2 Å². The number of fused-ring (bicyclic) bond motifs is 1.